The van der Waals surface area contributed by atoms with E-state index in [2.05, 4.69) is 15.0 Å². The van der Waals surface area contributed by atoms with Gasteiger partial charge in [-0.3, -0.25) is 4.40 Å². The van der Waals surface area contributed by atoms with Gasteiger partial charge < -0.3 is 5.11 Å². The Labute approximate surface area is 116 Å². The summed E-state index contributed by atoms with van der Waals surface area (Å²) in [5, 5.41) is 8.68. The molecule has 0 aromatic carbocycles. The molecule has 0 saturated heterocycles. The summed E-state index contributed by atoms with van der Waals surface area (Å²) in [6, 6.07) is 2.79. The van der Waals surface area contributed by atoms with E-state index in [1.54, 1.807) is 0 Å². The van der Waals surface area contributed by atoms with Gasteiger partial charge in [-0.15, -0.1) is 0 Å². The van der Waals surface area contributed by atoms with Crippen LogP contribution in [-0.2, 0) is 0 Å². The number of halogens is 2. The Morgan fingerprint density at radius 2 is 2.10 bits per heavy atom. The third-order valence-corrected chi connectivity index (χ3v) is 2.96. The second-order valence-electron chi connectivity index (χ2n) is 3.92. The minimum Gasteiger partial charge on any atom is -0.478 e. The summed E-state index contributed by atoms with van der Waals surface area (Å²) >= 11 is 5.79. The summed E-state index contributed by atoms with van der Waals surface area (Å²) in [6.45, 7) is 0. The molecule has 100 valence electrons. The van der Waals surface area contributed by atoms with Crippen LogP contribution in [0.15, 0.2) is 30.7 Å². The van der Waals surface area contributed by atoms with Crippen LogP contribution in [0.2, 0.25) is 5.15 Å². The molecule has 3 rings (SSSR count). The average molecular weight is 293 g/mol. The van der Waals surface area contributed by atoms with E-state index in [-0.39, 0.29) is 16.5 Å². The fraction of sp³-hybridized carbons (Fsp3) is 0. The lowest BCUT2D eigenvalue weighted by atomic mass is 10.3. The van der Waals surface area contributed by atoms with Gasteiger partial charge in [0.1, 0.15) is 27.9 Å². The summed E-state index contributed by atoms with van der Waals surface area (Å²) in [4.78, 5) is 22.8. The number of aromatic nitrogens is 4. The first-order valence-corrected chi connectivity index (χ1v) is 5.83. The van der Waals surface area contributed by atoms with E-state index in [9.17, 15) is 9.18 Å². The Balaban J connectivity index is 2.18. The van der Waals surface area contributed by atoms with Gasteiger partial charge in [-0.25, -0.2) is 24.1 Å². The highest BCUT2D eigenvalue weighted by Gasteiger charge is 2.15. The van der Waals surface area contributed by atoms with Crippen molar-refractivity contribution in [2.45, 2.75) is 0 Å². The Hall–Kier alpha value is -2.54. The van der Waals surface area contributed by atoms with Crippen molar-refractivity contribution in [3.8, 4) is 11.5 Å². The number of carboxylic acid groups (broad SMARTS) is 1. The SMILES string of the molecule is O=C(O)c1cnc(-c2cnc3ccc(F)cn23)nc1Cl. The first kappa shape index (κ1) is 12.5. The van der Waals surface area contributed by atoms with Gasteiger partial charge in [0.25, 0.3) is 0 Å². The predicted molar refractivity (Wildman–Crippen MR) is 68.1 cm³/mol. The van der Waals surface area contributed by atoms with E-state index in [4.69, 9.17) is 16.7 Å². The molecule has 0 unspecified atom stereocenters. The van der Waals surface area contributed by atoms with Crippen LogP contribution < -0.4 is 0 Å². The zero-order chi connectivity index (χ0) is 14.3. The highest BCUT2D eigenvalue weighted by Crippen LogP contribution is 2.21. The smallest absolute Gasteiger partial charge is 0.340 e. The third-order valence-electron chi connectivity index (χ3n) is 2.67. The van der Waals surface area contributed by atoms with E-state index in [1.165, 1.54) is 28.9 Å². The van der Waals surface area contributed by atoms with Crippen LogP contribution >= 0.6 is 11.6 Å². The van der Waals surface area contributed by atoms with Crippen LogP contribution in [0.4, 0.5) is 4.39 Å². The molecule has 8 heteroatoms. The Bertz CT molecular complexity index is 833. The molecule has 0 bridgehead atoms. The normalized spacial score (nSPS) is 10.9. The first-order chi connectivity index (χ1) is 9.56. The number of carbonyl (C=O) groups is 1. The monoisotopic (exact) mass is 292 g/mol. The Morgan fingerprint density at radius 3 is 2.80 bits per heavy atom. The van der Waals surface area contributed by atoms with Crippen LogP contribution in [-0.4, -0.2) is 30.4 Å². The van der Waals surface area contributed by atoms with Crippen LogP contribution in [0.25, 0.3) is 17.2 Å². The maximum absolute atomic E-state index is 13.3. The van der Waals surface area contributed by atoms with Crippen molar-refractivity contribution in [3.05, 3.63) is 47.3 Å². The fourth-order valence-electron chi connectivity index (χ4n) is 1.75. The molecule has 0 atom stereocenters. The Morgan fingerprint density at radius 1 is 1.30 bits per heavy atom. The number of imidazole rings is 1. The zero-order valence-electron chi connectivity index (χ0n) is 9.79. The van der Waals surface area contributed by atoms with Gasteiger partial charge in [0.2, 0.25) is 0 Å². The lowest BCUT2D eigenvalue weighted by Crippen LogP contribution is -2.02. The van der Waals surface area contributed by atoms with E-state index in [0.717, 1.165) is 6.20 Å². The van der Waals surface area contributed by atoms with Gasteiger partial charge in [-0.1, -0.05) is 11.6 Å². The maximum Gasteiger partial charge on any atom is 0.340 e. The van der Waals surface area contributed by atoms with Gasteiger partial charge in [-0.05, 0) is 12.1 Å². The topological polar surface area (TPSA) is 80.4 Å². The van der Waals surface area contributed by atoms with Gasteiger partial charge in [0.15, 0.2) is 5.82 Å². The zero-order valence-corrected chi connectivity index (χ0v) is 10.5. The lowest BCUT2D eigenvalue weighted by Gasteiger charge is -2.02. The van der Waals surface area contributed by atoms with Gasteiger partial charge >= 0.3 is 5.97 Å². The number of fused-ring (bicyclic) bond motifs is 1. The predicted octanol–water partition coefficient (Wildman–Crippen LogP) is 2.28. The van der Waals surface area contributed by atoms with Gasteiger partial charge in [0.05, 0.1) is 6.20 Å². The van der Waals surface area contributed by atoms with E-state index in [1.807, 2.05) is 0 Å². The van der Waals surface area contributed by atoms with Crippen molar-refractivity contribution in [3.63, 3.8) is 0 Å². The number of nitrogens with zero attached hydrogens (tertiary/aromatic N) is 4. The van der Waals surface area contributed by atoms with Crippen LogP contribution in [0, 0.1) is 5.82 Å². The molecule has 0 aliphatic heterocycles. The second-order valence-corrected chi connectivity index (χ2v) is 4.28. The van der Waals surface area contributed by atoms with Crippen molar-refractivity contribution in [1.82, 2.24) is 19.4 Å². The number of pyridine rings is 1. The fourth-order valence-corrected chi connectivity index (χ4v) is 1.96. The van der Waals surface area contributed by atoms with E-state index in [0.29, 0.717) is 11.3 Å². The van der Waals surface area contributed by atoms with Crippen molar-refractivity contribution < 1.29 is 14.3 Å². The number of hydrogen-bond acceptors (Lipinski definition) is 4. The molecule has 6 nitrogen and oxygen atoms in total. The molecule has 3 heterocycles. The molecular weight excluding hydrogens is 287 g/mol. The highest BCUT2D eigenvalue weighted by atomic mass is 35.5. The number of hydrogen-bond donors (Lipinski definition) is 1. The van der Waals surface area contributed by atoms with Crippen LogP contribution in [0.3, 0.4) is 0 Å². The summed E-state index contributed by atoms with van der Waals surface area (Å²) in [7, 11) is 0. The molecule has 20 heavy (non-hydrogen) atoms. The largest absolute Gasteiger partial charge is 0.478 e. The van der Waals surface area contributed by atoms with Crippen molar-refractivity contribution in [1.29, 1.82) is 0 Å². The molecule has 3 aromatic rings. The first-order valence-electron chi connectivity index (χ1n) is 5.45. The lowest BCUT2D eigenvalue weighted by molar-refractivity contribution is 0.0696. The average Bonchev–Trinajstić information content (AvgIpc) is 2.81. The minimum atomic E-state index is -1.22. The van der Waals surface area contributed by atoms with Crippen LogP contribution in [0.1, 0.15) is 10.4 Å². The third kappa shape index (κ3) is 1.97. The minimum absolute atomic E-state index is 0.165. The molecule has 0 aliphatic rings. The van der Waals surface area contributed by atoms with Crippen LogP contribution in [0.5, 0.6) is 0 Å². The molecule has 0 radical (unpaired) electrons. The molecule has 0 amide bonds. The molecule has 1 N–H and O–H groups in total. The summed E-state index contributed by atoms with van der Waals surface area (Å²) < 4.78 is 14.7. The standard InChI is InChI=1S/C12H6ClFN4O2/c13-10-7(12(19)20)3-16-11(17-10)8-4-15-9-2-1-6(14)5-18(8)9/h1-5H,(H,19,20). The summed E-state index contributed by atoms with van der Waals surface area (Å²) in [5.74, 6) is -1.49. The maximum atomic E-state index is 13.3. The quantitative estimate of drug-likeness (QED) is 0.733. The molecule has 0 saturated carbocycles. The number of rotatable bonds is 2. The highest BCUT2D eigenvalue weighted by molar-refractivity contribution is 6.32. The molecule has 0 aliphatic carbocycles. The van der Waals surface area contributed by atoms with Gasteiger partial charge in [-0.2, -0.15) is 0 Å². The summed E-state index contributed by atoms with van der Waals surface area (Å²) in [6.07, 6.45) is 3.80. The number of carboxylic acids is 1. The molecule has 0 fully saturated rings. The Kier molecular flexibility index (Phi) is 2.83. The van der Waals surface area contributed by atoms with Crippen molar-refractivity contribution in [2.75, 3.05) is 0 Å². The van der Waals surface area contributed by atoms with E-state index < -0.39 is 11.8 Å². The van der Waals surface area contributed by atoms with Crippen molar-refractivity contribution in [2.24, 2.45) is 0 Å². The van der Waals surface area contributed by atoms with Gasteiger partial charge in [0, 0.05) is 12.4 Å². The molecule has 3 aromatic heterocycles. The van der Waals surface area contributed by atoms with Crippen molar-refractivity contribution >= 4 is 23.2 Å². The molecule has 0 spiro atoms. The second kappa shape index (κ2) is 4.53. The van der Waals surface area contributed by atoms with E-state index >= 15 is 0 Å². The molecular formula is C12H6ClFN4O2. The summed E-state index contributed by atoms with van der Waals surface area (Å²) in [5.41, 5.74) is 0.734. The number of aromatic carboxylic acids is 1.